The maximum absolute atomic E-state index is 6.48. The highest BCUT2D eigenvalue weighted by atomic mass is 16.5. The maximum atomic E-state index is 6.48. The first-order valence-electron chi connectivity index (χ1n) is 10.7. The molecule has 0 bridgehead atoms. The topological polar surface area (TPSA) is 57.0 Å². The molecule has 1 unspecified atom stereocenters. The average Bonchev–Trinajstić information content (AvgIpc) is 2.97. The van der Waals surface area contributed by atoms with Crippen LogP contribution in [0.1, 0.15) is 22.8 Å². The second kappa shape index (κ2) is 9.75. The highest BCUT2D eigenvalue weighted by Gasteiger charge is 2.26. The lowest BCUT2D eigenvalue weighted by Gasteiger charge is -2.26. The van der Waals surface area contributed by atoms with Crippen LogP contribution in [0.4, 0.5) is 5.69 Å². The highest BCUT2D eigenvalue weighted by molar-refractivity contribution is 5.49. The number of hydrogen-bond donors (Lipinski definition) is 1. The molecule has 0 amide bonds. The minimum Gasteiger partial charge on any atom is -0.493 e. The Kier molecular flexibility index (Phi) is 6.63. The number of benzene rings is 3. The van der Waals surface area contributed by atoms with Crippen molar-refractivity contribution in [2.75, 3.05) is 39.6 Å². The number of hydrogen-bond acceptors (Lipinski definition) is 5. The summed E-state index contributed by atoms with van der Waals surface area (Å²) in [6.07, 6.45) is 1.82. The van der Waals surface area contributed by atoms with Crippen LogP contribution < -0.4 is 19.9 Å². The summed E-state index contributed by atoms with van der Waals surface area (Å²) < 4.78 is 17.6. The molecule has 1 atom stereocenters. The first-order chi connectivity index (χ1) is 15.2. The molecule has 0 saturated carbocycles. The van der Waals surface area contributed by atoms with Gasteiger partial charge in [0.05, 0.1) is 14.2 Å². The first kappa shape index (κ1) is 21.1. The smallest absolute Gasteiger partial charge is 0.161 e. The zero-order valence-electron chi connectivity index (χ0n) is 18.2. The van der Waals surface area contributed by atoms with Crippen molar-refractivity contribution in [3.63, 3.8) is 0 Å². The maximum Gasteiger partial charge on any atom is 0.161 e. The number of ether oxygens (including phenoxy) is 3. The Hall–Kier alpha value is -3.18. The molecule has 0 saturated heterocycles. The summed E-state index contributed by atoms with van der Waals surface area (Å²) in [7, 11) is 3.35. The summed E-state index contributed by atoms with van der Waals surface area (Å²) in [5.74, 6) is 2.36. The Bertz CT molecular complexity index is 990. The molecule has 4 rings (SSSR count). The molecule has 3 aromatic carbocycles. The normalized spacial score (nSPS) is 16.3. The quantitative estimate of drug-likeness (QED) is 0.572. The molecule has 0 aliphatic carbocycles. The van der Waals surface area contributed by atoms with Crippen LogP contribution in [0.15, 0.2) is 66.7 Å². The molecule has 1 aliphatic rings. The SMILES string of the molecule is COc1cc2c(cc1OC)C(Oc1ccccc1)CN(CCc1ccc(N)cc1)CC2. The summed E-state index contributed by atoms with van der Waals surface area (Å²) in [6, 6.07) is 22.3. The number of fused-ring (bicyclic) bond motifs is 1. The largest absolute Gasteiger partial charge is 0.493 e. The van der Waals surface area contributed by atoms with E-state index in [2.05, 4.69) is 29.2 Å². The Morgan fingerprint density at radius 3 is 2.35 bits per heavy atom. The van der Waals surface area contributed by atoms with Crippen LogP contribution in [0, 0.1) is 0 Å². The molecular weight excluding hydrogens is 388 g/mol. The van der Waals surface area contributed by atoms with Gasteiger partial charge in [-0.05, 0) is 60.4 Å². The predicted octanol–water partition coefficient (Wildman–Crippen LogP) is 4.51. The van der Waals surface area contributed by atoms with Crippen LogP contribution in [-0.4, -0.2) is 38.8 Å². The van der Waals surface area contributed by atoms with Crippen LogP contribution in [0.2, 0.25) is 0 Å². The molecule has 31 heavy (non-hydrogen) atoms. The lowest BCUT2D eigenvalue weighted by atomic mass is 10.00. The third kappa shape index (κ3) is 5.12. The third-order valence-corrected chi connectivity index (χ3v) is 5.83. The Morgan fingerprint density at radius 2 is 1.65 bits per heavy atom. The lowest BCUT2D eigenvalue weighted by Crippen LogP contribution is -2.32. The summed E-state index contributed by atoms with van der Waals surface area (Å²) in [5.41, 5.74) is 10.3. The predicted molar refractivity (Wildman–Crippen MR) is 124 cm³/mol. The Morgan fingerprint density at radius 1 is 0.935 bits per heavy atom. The highest BCUT2D eigenvalue weighted by Crippen LogP contribution is 2.37. The summed E-state index contributed by atoms with van der Waals surface area (Å²) in [6.45, 7) is 2.74. The molecule has 0 spiro atoms. The second-order valence-corrected chi connectivity index (χ2v) is 7.87. The lowest BCUT2D eigenvalue weighted by molar-refractivity contribution is 0.141. The van der Waals surface area contributed by atoms with Gasteiger partial charge in [-0.3, -0.25) is 4.90 Å². The van der Waals surface area contributed by atoms with Crippen molar-refractivity contribution >= 4 is 5.69 Å². The second-order valence-electron chi connectivity index (χ2n) is 7.87. The van der Waals surface area contributed by atoms with Crippen LogP contribution in [-0.2, 0) is 12.8 Å². The molecule has 162 valence electrons. The van der Waals surface area contributed by atoms with Crippen LogP contribution >= 0.6 is 0 Å². The minimum absolute atomic E-state index is 0.0916. The number of nitrogens with two attached hydrogens (primary N) is 1. The van der Waals surface area contributed by atoms with E-state index >= 15 is 0 Å². The van der Waals surface area contributed by atoms with Gasteiger partial charge in [0.2, 0.25) is 0 Å². The van der Waals surface area contributed by atoms with Crippen molar-refractivity contribution in [1.29, 1.82) is 0 Å². The van der Waals surface area contributed by atoms with Crippen LogP contribution in [0.5, 0.6) is 17.2 Å². The molecule has 5 nitrogen and oxygen atoms in total. The van der Waals surface area contributed by atoms with Crippen molar-refractivity contribution in [1.82, 2.24) is 4.90 Å². The van der Waals surface area contributed by atoms with Gasteiger partial charge >= 0.3 is 0 Å². The summed E-state index contributed by atoms with van der Waals surface area (Å²) in [4.78, 5) is 2.48. The zero-order valence-corrected chi connectivity index (χ0v) is 18.2. The monoisotopic (exact) mass is 418 g/mol. The summed E-state index contributed by atoms with van der Waals surface area (Å²) >= 11 is 0. The molecule has 0 radical (unpaired) electrons. The van der Waals surface area contributed by atoms with E-state index in [1.807, 2.05) is 42.5 Å². The standard InChI is InChI=1S/C26H30N2O3/c1-29-24-16-20-13-15-28(14-12-19-8-10-21(27)11-9-19)18-26(23(20)17-25(24)30-2)31-22-6-4-3-5-7-22/h3-11,16-17,26H,12-15,18,27H2,1-2H3. The Labute approximate surface area is 184 Å². The van der Waals surface area contributed by atoms with Gasteiger partial charge in [-0.1, -0.05) is 30.3 Å². The van der Waals surface area contributed by atoms with Gasteiger partial charge in [0, 0.05) is 30.9 Å². The van der Waals surface area contributed by atoms with E-state index in [1.165, 1.54) is 11.1 Å². The van der Waals surface area contributed by atoms with Gasteiger partial charge in [-0.25, -0.2) is 0 Å². The van der Waals surface area contributed by atoms with E-state index in [0.717, 1.165) is 61.0 Å². The fraction of sp³-hybridized carbons (Fsp3) is 0.308. The number of nitrogen functional groups attached to an aromatic ring is 1. The van der Waals surface area contributed by atoms with Crippen molar-refractivity contribution in [2.45, 2.75) is 18.9 Å². The zero-order chi connectivity index (χ0) is 21.6. The molecule has 5 heteroatoms. The molecule has 3 aromatic rings. The molecule has 1 aliphatic heterocycles. The first-order valence-corrected chi connectivity index (χ1v) is 10.7. The van der Waals surface area contributed by atoms with Crippen molar-refractivity contribution < 1.29 is 14.2 Å². The van der Waals surface area contributed by atoms with E-state index in [4.69, 9.17) is 19.9 Å². The number of anilines is 1. The minimum atomic E-state index is -0.0916. The Balaban J connectivity index is 1.58. The van der Waals surface area contributed by atoms with E-state index < -0.39 is 0 Å². The van der Waals surface area contributed by atoms with Gasteiger partial charge in [-0.2, -0.15) is 0 Å². The molecule has 2 N–H and O–H groups in total. The average molecular weight is 419 g/mol. The molecule has 1 heterocycles. The van der Waals surface area contributed by atoms with E-state index in [9.17, 15) is 0 Å². The van der Waals surface area contributed by atoms with Crippen molar-refractivity contribution in [3.05, 3.63) is 83.4 Å². The molecular formula is C26H30N2O3. The summed E-state index contributed by atoms with van der Waals surface area (Å²) in [5, 5.41) is 0. The van der Waals surface area contributed by atoms with E-state index in [0.29, 0.717) is 0 Å². The fourth-order valence-corrected chi connectivity index (χ4v) is 4.09. The van der Waals surface area contributed by atoms with Gasteiger partial charge < -0.3 is 19.9 Å². The van der Waals surface area contributed by atoms with Crippen molar-refractivity contribution in [2.24, 2.45) is 0 Å². The van der Waals surface area contributed by atoms with Gasteiger partial charge in [-0.15, -0.1) is 0 Å². The van der Waals surface area contributed by atoms with Gasteiger partial charge in [0.1, 0.15) is 11.9 Å². The third-order valence-electron chi connectivity index (χ3n) is 5.83. The van der Waals surface area contributed by atoms with E-state index in [-0.39, 0.29) is 6.10 Å². The number of nitrogens with zero attached hydrogens (tertiary/aromatic N) is 1. The number of methoxy groups -OCH3 is 2. The van der Waals surface area contributed by atoms with Gasteiger partial charge in [0.25, 0.3) is 0 Å². The number of para-hydroxylation sites is 1. The molecule has 0 aromatic heterocycles. The van der Waals surface area contributed by atoms with Crippen LogP contribution in [0.25, 0.3) is 0 Å². The number of rotatable bonds is 7. The molecule has 0 fully saturated rings. The fourth-order valence-electron chi connectivity index (χ4n) is 4.09. The van der Waals surface area contributed by atoms with Crippen molar-refractivity contribution in [3.8, 4) is 17.2 Å². The van der Waals surface area contributed by atoms with E-state index in [1.54, 1.807) is 14.2 Å². The van der Waals surface area contributed by atoms with Crippen LogP contribution in [0.3, 0.4) is 0 Å². The van der Waals surface area contributed by atoms with Gasteiger partial charge in [0.15, 0.2) is 11.5 Å².